The Kier molecular flexibility index (Phi) is 5.97. The first-order valence-corrected chi connectivity index (χ1v) is 12.8. The van der Waals surface area contributed by atoms with Crippen molar-refractivity contribution in [3.05, 3.63) is 77.5 Å². The van der Waals surface area contributed by atoms with Crippen LogP contribution in [-0.2, 0) is 27.4 Å². The first-order valence-electron chi connectivity index (χ1n) is 11.5. The Balaban J connectivity index is 1.57. The molecule has 0 saturated carbocycles. The molecular formula is C27H30N2O3S. The predicted molar refractivity (Wildman–Crippen MR) is 132 cm³/mol. The molecule has 2 aliphatic rings. The summed E-state index contributed by atoms with van der Waals surface area (Å²) in [6, 6.07) is 18.2. The first kappa shape index (κ1) is 22.1. The normalized spacial score (nSPS) is 24.6. The highest BCUT2D eigenvalue weighted by molar-refractivity contribution is 7.85. The largest absolute Gasteiger partial charge is 0.469 e. The second kappa shape index (κ2) is 8.92. The summed E-state index contributed by atoms with van der Waals surface area (Å²) in [5.41, 5.74) is 4.71. The molecule has 1 aliphatic heterocycles. The standard InChI is InChI=1S/C27H30N2O3S/c1-4-18-17-29(14-15-33(31)19-10-6-5-7-11-19)23-16-21(18)25(27(30)32-3)24-20-12-8-9-13-22(20)28(2)26(23)24/h4-13,21,23,25H,14-17H2,1-3H3/b18-4-/t21-,23-,25+,33?/m1/s1. The Labute approximate surface area is 197 Å². The van der Waals surface area contributed by atoms with Crippen LogP contribution in [-0.4, -0.2) is 45.6 Å². The van der Waals surface area contributed by atoms with E-state index in [9.17, 15) is 9.00 Å². The lowest BCUT2D eigenvalue weighted by atomic mass is 9.68. The van der Waals surface area contributed by atoms with E-state index in [4.69, 9.17) is 4.74 Å². The van der Waals surface area contributed by atoms with E-state index in [2.05, 4.69) is 41.6 Å². The molecule has 5 rings (SSSR count). The van der Waals surface area contributed by atoms with Crippen LogP contribution in [0.3, 0.4) is 0 Å². The summed E-state index contributed by atoms with van der Waals surface area (Å²) < 4.78 is 20.5. The molecule has 0 amide bonds. The first-order chi connectivity index (χ1) is 16.0. The summed E-state index contributed by atoms with van der Waals surface area (Å²) in [4.78, 5) is 16.4. The molecular weight excluding hydrogens is 432 g/mol. The van der Waals surface area contributed by atoms with Gasteiger partial charge in [0.2, 0.25) is 0 Å². The van der Waals surface area contributed by atoms with Crippen molar-refractivity contribution in [1.82, 2.24) is 9.47 Å². The predicted octanol–water partition coefficient (Wildman–Crippen LogP) is 4.57. The SMILES string of the molecule is C/C=C1/CN(CCS(=O)c2ccccc2)[C@@H]2C[C@H]1[C@H](C(=O)OC)c1c2n(C)c2ccccc12. The van der Waals surface area contributed by atoms with Gasteiger partial charge in [-0.3, -0.25) is 13.9 Å². The Hall–Kier alpha value is -2.70. The number of fused-ring (bicyclic) bond motifs is 6. The zero-order valence-electron chi connectivity index (χ0n) is 19.4. The fraction of sp³-hybridized carbons (Fsp3) is 0.370. The monoisotopic (exact) mass is 462 g/mol. The molecule has 2 bridgehead atoms. The van der Waals surface area contributed by atoms with Gasteiger partial charge in [-0.05, 0) is 37.1 Å². The Morgan fingerprint density at radius 3 is 2.61 bits per heavy atom. The van der Waals surface area contributed by atoms with Gasteiger partial charge in [0.15, 0.2) is 0 Å². The maximum Gasteiger partial charge on any atom is 0.313 e. The number of carbonyl (C=O) groups excluding carboxylic acids is 1. The minimum atomic E-state index is -1.04. The number of piperidine rings is 1. The van der Waals surface area contributed by atoms with Crippen molar-refractivity contribution < 1.29 is 13.7 Å². The van der Waals surface area contributed by atoms with Crippen LogP contribution in [0.25, 0.3) is 10.9 Å². The van der Waals surface area contributed by atoms with E-state index < -0.39 is 10.8 Å². The van der Waals surface area contributed by atoms with Gasteiger partial charge in [0, 0.05) is 53.3 Å². The van der Waals surface area contributed by atoms with Gasteiger partial charge < -0.3 is 9.30 Å². The van der Waals surface area contributed by atoms with Crippen LogP contribution in [0.2, 0.25) is 0 Å². The van der Waals surface area contributed by atoms with E-state index in [1.54, 1.807) is 0 Å². The number of allylic oxidation sites excluding steroid dienone is 1. The van der Waals surface area contributed by atoms with E-state index in [-0.39, 0.29) is 23.8 Å². The van der Waals surface area contributed by atoms with Gasteiger partial charge in [-0.25, -0.2) is 0 Å². The number of benzene rings is 2. The molecule has 3 aromatic rings. The number of para-hydroxylation sites is 1. The molecule has 33 heavy (non-hydrogen) atoms. The second-order valence-electron chi connectivity index (χ2n) is 8.93. The average molecular weight is 463 g/mol. The zero-order chi connectivity index (χ0) is 23.1. The molecule has 6 heteroatoms. The molecule has 4 atom stereocenters. The van der Waals surface area contributed by atoms with E-state index in [1.807, 2.05) is 42.5 Å². The number of likely N-dealkylation sites (tertiary alicyclic amines) is 1. The van der Waals surface area contributed by atoms with E-state index in [0.717, 1.165) is 40.9 Å². The molecule has 0 spiro atoms. The van der Waals surface area contributed by atoms with Crippen molar-refractivity contribution in [1.29, 1.82) is 0 Å². The maximum atomic E-state index is 13.1. The third-order valence-corrected chi connectivity index (χ3v) is 8.75. The number of ether oxygens (including phenoxy) is 1. The Morgan fingerprint density at radius 1 is 1.15 bits per heavy atom. The van der Waals surface area contributed by atoms with E-state index in [0.29, 0.717) is 5.75 Å². The number of aromatic nitrogens is 1. The lowest BCUT2D eigenvalue weighted by Crippen LogP contribution is -2.47. The molecule has 1 fully saturated rings. The molecule has 1 aromatic heterocycles. The molecule has 1 aliphatic carbocycles. The summed E-state index contributed by atoms with van der Waals surface area (Å²) in [6.07, 6.45) is 3.03. The summed E-state index contributed by atoms with van der Waals surface area (Å²) in [5, 5.41) is 1.13. The van der Waals surface area contributed by atoms with Gasteiger partial charge in [0.25, 0.3) is 0 Å². The minimum Gasteiger partial charge on any atom is -0.469 e. The van der Waals surface area contributed by atoms with Gasteiger partial charge in [-0.15, -0.1) is 0 Å². The fourth-order valence-corrected chi connectivity index (χ4v) is 6.95. The molecule has 2 heterocycles. The minimum absolute atomic E-state index is 0.127. The third-order valence-electron chi connectivity index (χ3n) is 7.40. The topological polar surface area (TPSA) is 51.5 Å². The summed E-state index contributed by atoms with van der Waals surface area (Å²) >= 11 is 0. The molecule has 2 aromatic carbocycles. The van der Waals surface area contributed by atoms with Crippen molar-refractivity contribution in [2.45, 2.75) is 30.2 Å². The van der Waals surface area contributed by atoms with Crippen LogP contribution in [0.5, 0.6) is 0 Å². The number of methoxy groups -OCH3 is 1. The van der Waals surface area contributed by atoms with Crippen LogP contribution in [0, 0.1) is 5.92 Å². The van der Waals surface area contributed by atoms with E-state index in [1.165, 1.54) is 18.4 Å². The molecule has 0 N–H and O–H groups in total. The molecule has 1 unspecified atom stereocenters. The number of esters is 1. The van der Waals surface area contributed by atoms with Gasteiger partial charge >= 0.3 is 5.97 Å². The highest BCUT2D eigenvalue weighted by Crippen LogP contribution is 2.53. The van der Waals surface area contributed by atoms with Crippen LogP contribution >= 0.6 is 0 Å². The van der Waals surface area contributed by atoms with Gasteiger partial charge in [-0.1, -0.05) is 48.0 Å². The summed E-state index contributed by atoms with van der Waals surface area (Å²) in [7, 11) is 2.55. The van der Waals surface area contributed by atoms with Crippen LogP contribution in [0.1, 0.15) is 36.6 Å². The molecule has 5 nitrogen and oxygen atoms in total. The van der Waals surface area contributed by atoms with Crippen LogP contribution < -0.4 is 0 Å². The van der Waals surface area contributed by atoms with Crippen LogP contribution in [0.15, 0.2) is 71.1 Å². The van der Waals surface area contributed by atoms with E-state index >= 15 is 0 Å². The number of aryl methyl sites for hydroxylation is 1. The van der Waals surface area contributed by atoms with Crippen molar-refractivity contribution >= 4 is 27.7 Å². The van der Waals surface area contributed by atoms with Crippen molar-refractivity contribution in [2.75, 3.05) is 26.0 Å². The average Bonchev–Trinajstić information content (AvgIpc) is 3.16. The molecule has 0 radical (unpaired) electrons. The zero-order valence-corrected chi connectivity index (χ0v) is 20.2. The number of hydrogen-bond acceptors (Lipinski definition) is 4. The Bertz CT molecular complexity index is 1250. The second-order valence-corrected chi connectivity index (χ2v) is 10.5. The highest BCUT2D eigenvalue weighted by Gasteiger charge is 2.48. The smallest absolute Gasteiger partial charge is 0.313 e. The number of nitrogens with zero attached hydrogens (tertiary/aromatic N) is 2. The molecule has 1 saturated heterocycles. The lowest BCUT2D eigenvalue weighted by molar-refractivity contribution is -0.144. The van der Waals surface area contributed by atoms with Gasteiger partial charge in [-0.2, -0.15) is 0 Å². The van der Waals surface area contributed by atoms with Crippen LogP contribution in [0.4, 0.5) is 0 Å². The molecule has 172 valence electrons. The number of carbonyl (C=O) groups is 1. The summed E-state index contributed by atoms with van der Waals surface area (Å²) in [5.74, 6) is 0.261. The summed E-state index contributed by atoms with van der Waals surface area (Å²) in [6.45, 7) is 3.58. The highest BCUT2D eigenvalue weighted by atomic mass is 32.2. The van der Waals surface area contributed by atoms with Gasteiger partial charge in [0.05, 0.1) is 29.9 Å². The quantitative estimate of drug-likeness (QED) is 0.412. The Morgan fingerprint density at radius 2 is 1.88 bits per heavy atom. The third kappa shape index (κ3) is 3.65. The number of hydrogen-bond donors (Lipinski definition) is 0. The van der Waals surface area contributed by atoms with Crippen molar-refractivity contribution in [2.24, 2.45) is 13.0 Å². The van der Waals surface area contributed by atoms with Gasteiger partial charge in [0.1, 0.15) is 0 Å². The van der Waals surface area contributed by atoms with Crippen molar-refractivity contribution in [3.8, 4) is 0 Å². The fourth-order valence-electron chi connectivity index (χ4n) is 5.85. The number of rotatable bonds is 5. The van der Waals surface area contributed by atoms with Crippen molar-refractivity contribution in [3.63, 3.8) is 0 Å². The maximum absolute atomic E-state index is 13.1. The lowest BCUT2D eigenvalue weighted by Gasteiger charge is -2.47.